The predicted octanol–water partition coefficient (Wildman–Crippen LogP) is 3.43. The summed E-state index contributed by atoms with van der Waals surface area (Å²) in [6.45, 7) is 6.06. The van der Waals surface area contributed by atoms with Gasteiger partial charge in [-0.25, -0.2) is 0 Å². The third kappa shape index (κ3) is 5.23. The topological polar surface area (TPSA) is 73.6 Å². The van der Waals surface area contributed by atoms with Crippen LogP contribution in [0.1, 0.15) is 37.9 Å². The van der Waals surface area contributed by atoms with Crippen LogP contribution in [0.4, 0.5) is 0 Å². The summed E-state index contributed by atoms with van der Waals surface area (Å²) in [5.41, 5.74) is 7.83. The normalized spacial score (nSPS) is 14.2. The number of rotatable bonds is 8. The van der Waals surface area contributed by atoms with E-state index in [9.17, 15) is 4.79 Å². The summed E-state index contributed by atoms with van der Waals surface area (Å²) in [6.07, 6.45) is 0. The molecule has 3 unspecified atom stereocenters. The number of carbonyl (C=O) groups is 1. The Balaban J connectivity index is 2.06. The van der Waals surface area contributed by atoms with Crippen molar-refractivity contribution in [1.29, 1.82) is 0 Å². The lowest BCUT2D eigenvalue weighted by molar-refractivity contribution is -0.125. The maximum atomic E-state index is 12.2. The fourth-order valence-corrected chi connectivity index (χ4v) is 2.48. The minimum Gasteiger partial charge on any atom is -0.493 e. The first-order valence-corrected chi connectivity index (χ1v) is 8.83. The molecule has 140 valence electrons. The van der Waals surface area contributed by atoms with Gasteiger partial charge in [0.05, 0.1) is 13.2 Å². The molecule has 5 heteroatoms. The van der Waals surface area contributed by atoms with Gasteiger partial charge in [0, 0.05) is 12.0 Å². The van der Waals surface area contributed by atoms with Gasteiger partial charge in [0.1, 0.15) is 6.61 Å². The highest BCUT2D eigenvalue weighted by Crippen LogP contribution is 2.31. The van der Waals surface area contributed by atoms with Gasteiger partial charge in [-0.3, -0.25) is 4.79 Å². The molecule has 0 radical (unpaired) electrons. The van der Waals surface area contributed by atoms with Crippen LogP contribution in [0, 0.1) is 5.92 Å². The molecule has 26 heavy (non-hydrogen) atoms. The lowest BCUT2D eigenvalue weighted by atomic mass is 10.0. The van der Waals surface area contributed by atoms with Gasteiger partial charge in [-0.2, -0.15) is 0 Å². The Bertz CT molecular complexity index is 716. The van der Waals surface area contributed by atoms with E-state index in [1.54, 1.807) is 7.11 Å². The quantitative estimate of drug-likeness (QED) is 0.760. The standard InChI is InChI=1S/C21H28N2O3/c1-14(15(2)22)21(24)23-16(3)18-10-11-19(20(12-18)25-4)26-13-17-8-6-5-7-9-17/h5-12,14-16H,13,22H2,1-4H3,(H,23,24). The summed E-state index contributed by atoms with van der Waals surface area (Å²) in [6, 6.07) is 15.3. The number of nitrogens with one attached hydrogen (secondary N) is 1. The maximum absolute atomic E-state index is 12.2. The average Bonchev–Trinajstić information content (AvgIpc) is 2.66. The van der Waals surface area contributed by atoms with Gasteiger partial charge < -0.3 is 20.5 Å². The molecule has 0 aromatic heterocycles. The molecule has 0 aliphatic carbocycles. The molecule has 1 amide bonds. The van der Waals surface area contributed by atoms with Crippen LogP contribution >= 0.6 is 0 Å². The summed E-state index contributed by atoms with van der Waals surface area (Å²) in [5.74, 6) is 1.01. The van der Waals surface area contributed by atoms with Crippen molar-refractivity contribution >= 4 is 5.91 Å². The molecule has 0 heterocycles. The van der Waals surface area contributed by atoms with E-state index < -0.39 is 0 Å². The number of amides is 1. The molecule has 3 atom stereocenters. The molecular formula is C21H28N2O3. The van der Waals surface area contributed by atoms with Crippen LogP contribution in [0.15, 0.2) is 48.5 Å². The van der Waals surface area contributed by atoms with Gasteiger partial charge in [-0.05, 0) is 37.1 Å². The predicted molar refractivity (Wildman–Crippen MR) is 103 cm³/mol. The molecular weight excluding hydrogens is 328 g/mol. The van der Waals surface area contributed by atoms with E-state index in [1.165, 1.54) is 0 Å². The fourth-order valence-electron chi connectivity index (χ4n) is 2.48. The lowest BCUT2D eigenvalue weighted by Gasteiger charge is -2.21. The lowest BCUT2D eigenvalue weighted by Crippen LogP contribution is -2.39. The molecule has 0 spiro atoms. The minimum absolute atomic E-state index is 0.0594. The van der Waals surface area contributed by atoms with Crippen molar-refractivity contribution in [1.82, 2.24) is 5.32 Å². The number of hydrogen-bond donors (Lipinski definition) is 2. The highest BCUT2D eigenvalue weighted by Gasteiger charge is 2.20. The summed E-state index contributed by atoms with van der Waals surface area (Å²) in [5, 5.41) is 2.99. The van der Waals surface area contributed by atoms with Crippen molar-refractivity contribution in [3.8, 4) is 11.5 Å². The van der Waals surface area contributed by atoms with Crippen molar-refractivity contribution < 1.29 is 14.3 Å². The van der Waals surface area contributed by atoms with Crippen LogP contribution in [0.3, 0.4) is 0 Å². The molecule has 2 aromatic carbocycles. The Labute approximate surface area is 155 Å². The molecule has 5 nitrogen and oxygen atoms in total. The van der Waals surface area contributed by atoms with E-state index in [-0.39, 0.29) is 23.9 Å². The summed E-state index contributed by atoms with van der Waals surface area (Å²) in [7, 11) is 1.61. The fraction of sp³-hybridized carbons (Fsp3) is 0.381. The van der Waals surface area contributed by atoms with Crippen LogP contribution in [-0.2, 0) is 11.4 Å². The zero-order valence-electron chi connectivity index (χ0n) is 15.9. The number of benzene rings is 2. The molecule has 2 aromatic rings. The zero-order chi connectivity index (χ0) is 19.1. The Morgan fingerprint density at radius 3 is 2.38 bits per heavy atom. The second kappa shape index (κ2) is 9.25. The monoisotopic (exact) mass is 356 g/mol. The second-order valence-electron chi connectivity index (χ2n) is 6.56. The summed E-state index contributed by atoms with van der Waals surface area (Å²) >= 11 is 0. The van der Waals surface area contributed by atoms with Crippen LogP contribution < -0.4 is 20.5 Å². The Kier molecular flexibility index (Phi) is 7.04. The van der Waals surface area contributed by atoms with Crippen molar-refractivity contribution in [2.45, 2.75) is 39.5 Å². The number of hydrogen-bond acceptors (Lipinski definition) is 4. The van der Waals surface area contributed by atoms with E-state index in [0.29, 0.717) is 18.1 Å². The Morgan fingerprint density at radius 2 is 1.77 bits per heavy atom. The molecule has 0 aliphatic heterocycles. The molecule has 0 saturated carbocycles. The first-order chi connectivity index (χ1) is 12.4. The van der Waals surface area contributed by atoms with Crippen molar-refractivity contribution in [3.05, 3.63) is 59.7 Å². The van der Waals surface area contributed by atoms with Gasteiger partial charge in [-0.1, -0.05) is 43.3 Å². The molecule has 0 aliphatic rings. The summed E-state index contributed by atoms with van der Waals surface area (Å²) < 4.78 is 11.3. The van der Waals surface area contributed by atoms with Gasteiger partial charge in [0.15, 0.2) is 11.5 Å². The third-order valence-corrected chi connectivity index (χ3v) is 4.49. The molecule has 0 saturated heterocycles. The first kappa shape index (κ1) is 19.8. The molecule has 0 fully saturated rings. The van der Waals surface area contributed by atoms with Crippen LogP contribution in [0.2, 0.25) is 0 Å². The Morgan fingerprint density at radius 1 is 1.08 bits per heavy atom. The summed E-state index contributed by atoms with van der Waals surface area (Å²) in [4.78, 5) is 12.2. The highest BCUT2D eigenvalue weighted by molar-refractivity contribution is 5.79. The first-order valence-electron chi connectivity index (χ1n) is 8.83. The SMILES string of the molecule is COc1cc(C(C)NC(=O)C(C)C(C)N)ccc1OCc1ccccc1. The Hall–Kier alpha value is -2.53. The molecule has 2 rings (SSSR count). The minimum atomic E-state index is -0.243. The number of methoxy groups -OCH3 is 1. The maximum Gasteiger partial charge on any atom is 0.224 e. The molecule has 0 bridgehead atoms. The van der Waals surface area contributed by atoms with Crippen LogP contribution in [0.5, 0.6) is 11.5 Å². The van der Waals surface area contributed by atoms with Gasteiger partial charge in [0.2, 0.25) is 5.91 Å². The smallest absolute Gasteiger partial charge is 0.224 e. The number of ether oxygens (including phenoxy) is 2. The number of nitrogens with two attached hydrogens (primary N) is 1. The largest absolute Gasteiger partial charge is 0.493 e. The van der Waals surface area contributed by atoms with E-state index in [0.717, 1.165) is 11.1 Å². The van der Waals surface area contributed by atoms with E-state index in [2.05, 4.69) is 5.32 Å². The average molecular weight is 356 g/mol. The molecule has 3 N–H and O–H groups in total. The third-order valence-electron chi connectivity index (χ3n) is 4.49. The highest BCUT2D eigenvalue weighted by atomic mass is 16.5. The van der Waals surface area contributed by atoms with Crippen LogP contribution in [-0.4, -0.2) is 19.1 Å². The van der Waals surface area contributed by atoms with Gasteiger partial charge in [0.25, 0.3) is 0 Å². The van der Waals surface area contributed by atoms with Crippen molar-refractivity contribution in [3.63, 3.8) is 0 Å². The van der Waals surface area contributed by atoms with Crippen LogP contribution in [0.25, 0.3) is 0 Å². The number of carbonyl (C=O) groups excluding carboxylic acids is 1. The van der Waals surface area contributed by atoms with Crippen molar-refractivity contribution in [2.24, 2.45) is 11.7 Å². The van der Waals surface area contributed by atoms with E-state index >= 15 is 0 Å². The van der Waals surface area contributed by atoms with Crippen molar-refractivity contribution in [2.75, 3.05) is 7.11 Å². The second-order valence-corrected chi connectivity index (χ2v) is 6.56. The van der Waals surface area contributed by atoms with E-state index in [4.69, 9.17) is 15.2 Å². The zero-order valence-corrected chi connectivity index (χ0v) is 15.9. The van der Waals surface area contributed by atoms with Gasteiger partial charge >= 0.3 is 0 Å². The van der Waals surface area contributed by atoms with Gasteiger partial charge in [-0.15, -0.1) is 0 Å². The van der Waals surface area contributed by atoms with E-state index in [1.807, 2.05) is 69.3 Å².